The minimum Gasteiger partial charge on any atom is -0.384 e. The molecule has 3 rings (SSSR count). The lowest BCUT2D eigenvalue weighted by Gasteiger charge is -2.13. The SMILES string of the molecule is Cc1cc(N)nc(SC(C)c2cccc(NC(=O)c3ccccc3)c2)n1. The first kappa shape index (κ1) is 17.9. The summed E-state index contributed by atoms with van der Waals surface area (Å²) in [6, 6.07) is 18.7. The standard InChI is InChI=1S/C20H20N4OS/c1-13-11-18(21)24-20(22-13)26-14(2)16-9-6-10-17(12-16)23-19(25)15-7-4-3-5-8-15/h3-12,14H,1-2H3,(H,23,25)(H2,21,22,24). The van der Waals surface area contributed by atoms with E-state index in [-0.39, 0.29) is 11.2 Å². The fourth-order valence-corrected chi connectivity index (χ4v) is 3.46. The zero-order chi connectivity index (χ0) is 18.5. The van der Waals surface area contributed by atoms with Crippen molar-refractivity contribution < 1.29 is 4.79 Å². The molecule has 0 saturated heterocycles. The number of thioether (sulfide) groups is 1. The fourth-order valence-electron chi connectivity index (χ4n) is 2.51. The predicted octanol–water partition coefficient (Wildman–Crippen LogP) is 4.47. The van der Waals surface area contributed by atoms with Crippen LogP contribution in [0.25, 0.3) is 0 Å². The van der Waals surface area contributed by atoms with Crippen molar-refractivity contribution in [3.05, 3.63) is 77.5 Å². The van der Waals surface area contributed by atoms with Gasteiger partial charge in [-0.25, -0.2) is 9.97 Å². The Bertz CT molecular complexity index is 894. The molecule has 1 amide bonds. The van der Waals surface area contributed by atoms with Crippen molar-refractivity contribution in [3.63, 3.8) is 0 Å². The van der Waals surface area contributed by atoms with Crippen molar-refractivity contribution in [1.82, 2.24) is 9.97 Å². The van der Waals surface area contributed by atoms with E-state index in [4.69, 9.17) is 5.73 Å². The average molecular weight is 364 g/mol. The second kappa shape index (κ2) is 8.01. The number of nitrogen functional groups attached to an aromatic ring is 1. The fraction of sp³-hybridized carbons (Fsp3) is 0.150. The van der Waals surface area contributed by atoms with Crippen LogP contribution >= 0.6 is 11.8 Å². The number of carbonyl (C=O) groups excluding carboxylic acids is 1. The first-order chi connectivity index (χ1) is 12.5. The van der Waals surface area contributed by atoms with Crippen molar-refractivity contribution in [2.24, 2.45) is 0 Å². The Morgan fingerprint density at radius 2 is 1.85 bits per heavy atom. The molecule has 26 heavy (non-hydrogen) atoms. The van der Waals surface area contributed by atoms with Crippen molar-refractivity contribution in [2.45, 2.75) is 24.3 Å². The Balaban J connectivity index is 1.73. The molecule has 3 N–H and O–H groups in total. The van der Waals surface area contributed by atoms with E-state index < -0.39 is 0 Å². The molecule has 0 fully saturated rings. The topological polar surface area (TPSA) is 80.9 Å². The lowest BCUT2D eigenvalue weighted by molar-refractivity contribution is 0.102. The molecular formula is C20H20N4OS. The molecule has 1 atom stereocenters. The number of benzene rings is 2. The third kappa shape index (κ3) is 4.61. The number of rotatable bonds is 5. The van der Waals surface area contributed by atoms with Crippen LogP contribution in [0.4, 0.5) is 11.5 Å². The Morgan fingerprint density at radius 1 is 1.08 bits per heavy atom. The van der Waals surface area contributed by atoms with E-state index in [1.165, 1.54) is 11.8 Å². The van der Waals surface area contributed by atoms with Crippen LogP contribution < -0.4 is 11.1 Å². The van der Waals surface area contributed by atoms with Crippen LogP contribution in [0, 0.1) is 6.92 Å². The number of aryl methyl sites for hydroxylation is 1. The van der Waals surface area contributed by atoms with Crippen molar-refractivity contribution in [2.75, 3.05) is 11.1 Å². The van der Waals surface area contributed by atoms with Gasteiger partial charge in [-0.3, -0.25) is 4.79 Å². The quantitative estimate of drug-likeness (QED) is 0.515. The maximum absolute atomic E-state index is 12.3. The summed E-state index contributed by atoms with van der Waals surface area (Å²) in [5.74, 6) is 0.342. The largest absolute Gasteiger partial charge is 0.384 e. The molecule has 2 aromatic carbocycles. The van der Waals surface area contributed by atoms with Gasteiger partial charge in [0.1, 0.15) is 5.82 Å². The van der Waals surface area contributed by atoms with E-state index in [0.29, 0.717) is 16.5 Å². The molecule has 0 spiro atoms. The number of nitrogens with two attached hydrogens (primary N) is 1. The monoisotopic (exact) mass is 364 g/mol. The second-order valence-electron chi connectivity index (χ2n) is 5.92. The van der Waals surface area contributed by atoms with E-state index in [0.717, 1.165) is 16.9 Å². The summed E-state index contributed by atoms with van der Waals surface area (Å²) in [7, 11) is 0. The van der Waals surface area contributed by atoms with Gasteiger partial charge in [0.15, 0.2) is 5.16 Å². The van der Waals surface area contributed by atoms with Gasteiger partial charge in [0.25, 0.3) is 5.91 Å². The Morgan fingerprint density at radius 3 is 2.58 bits per heavy atom. The molecular weight excluding hydrogens is 344 g/mol. The average Bonchev–Trinajstić information content (AvgIpc) is 2.62. The second-order valence-corrected chi connectivity index (χ2v) is 7.23. The van der Waals surface area contributed by atoms with E-state index in [1.54, 1.807) is 18.2 Å². The van der Waals surface area contributed by atoms with Crippen LogP contribution in [0.5, 0.6) is 0 Å². The number of carbonyl (C=O) groups is 1. The molecule has 0 aliphatic heterocycles. The minimum absolute atomic E-state index is 0.116. The molecule has 0 aliphatic carbocycles. The number of nitrogens with zero attached hydrogens (tertiary/aromatic N) is 2. The van der Waals surface area contributed by atoms with Crippen molar-refractivity contribution >= 4 is 29.2 Å². The highest BCUT2D eigenvalue weighted by atomic mass is 32.2. The van der Waals surface area contributed by atoms with Gasteiger partial charge in [-0.2, -0.15) is 0 Å². The summed E-state index contributed by atoms with van der Waals surface area (Å²) >= 11 is 1.53. The van der Waals surface area contributed by atoms with E-state index in [9.17, 15) is 4.79 Å². The molecule has 132 valence electrons. The van der Waals surface area contributed by atoms with Gasteiger partial charge in [-0.05, 0) is 43.7 Å². The summed E-state index contributed by atoms with van der Waals surface area (Å²) < 4.78 is 0. The molecule has 5 nitrogen and oxygen atoms in total. The molecule has 3 aromatic rings. The number of anilines is 2. The number of aromatic nitrogens is 2. The van der Waals surface area contributed by atoms with Crippen LogP contribution in [0.3, 0.4) is 0 Å². The van der Waals surface area contributed by atoms with Gasteiger partial charge in [0, 0.05) is 28.3 Å². The predicted molar refractivity (Wildman–Crippen MR) is 106 cm³/mol. The molecule has 1 heterocycles. The maximum atomic E-state index is 12.3. The molecule has 0 bridgehead atoms. The zero-order valence-electron chi connectivity index (χ0n) is 14.6. The number of nitrogens with one attached hydrogen (secondary N) is 1. The van der Waals surface area contributed by atoms with Gasteiger partial charge in [-0.15, -0.1) is 0 Å². The Hall–Kier alpha value is -2.86. The summed E-state index contributed by atoms with van der Waals surface area (Å²) in [6.45, 7) is 3.97. The summed E-state index contributed by atoms with van der Waals surface area (Å²) in [5, 5.41) is 3.70. The minimum atomic E-state index is -0.127. The summed E-state index contributed by atoms with van der Waals surface area (Å²) in [4.78, 5) is 21.0. The lowest BCUT2D eigenvalue weighted by Crippen LogP contribution is -2.11. The highest BCUT2D eigenvalue weighted by Crippen LogP contribution is 2.34. The third-order valence-corrected chi connectivity index (χ3v) is 4.80. The van der Waals surface area contributed by atoms with Gasteiger partial charge >= 0.3 is 0 Å². The van der Waals surface area contributed by atoms with Crippen LogP contribution in [-0.4, -0.2) is 15.9 Å². The molecule has 6 heteroatoms. The Kier molecular flexibility index (Phi) is 5.53. The number of hydrogen-bond acceptors (Lipinski definition) is 5. The summed E-state index contributed by atoms with van der Waals surface area (Å²) in [6.07, 6.45) is 0. The van der Waals surface area contributed by atoms with Crippen LogP contribution in [0.1, 0.15) is 33.8 Å². The normalized spacial score (nSPS) is 11.8. The highest BCUT2D eigenvalue weighted by molar-refractivity contribution is 7.99. The molecule has 1 aromatic heterocycles. The van der Waals surface area contributed by atoms with Gasteiger partial charge in [0.05, 0.1) is 0 Å². The third-order valence-electron chi connectivity index (χ3n) is 3.79. The Labute approximate surface area is 157 Å². The van der Waals surface area contributed by atoms with Gasteiger partial charge in [0.2, 0.25) is 0 Å². The van der Waals surface area contributed by atoms with Gasteiger partial charge < -0.3 is 11.1 Å². The molecule has 0 aliphatic rings. The lowest BCUT2D eigenvalue weighted by atomic mass is 10.1. The number of amides is 1. The van der Waals surface area contributed by atoms with E-state index in [2.05, 4.69) is 22.2 Å². The highest BCUT2D eigenvalue weighted by Gasteiger charge is 2.12. The maximum Gasteiger partial charge on any atom is 0.255 e. The first-order valence-electron chi connectivity index (χ1n) is 8.25. The molecule has 1 unspecified atom stereocenters. The first-order valence-corrected chi connectivity index (χ1v) is 9.13. The van der Waals surface area contributed by atoms with Gasteiger partial charge in [-0.1, -0.05) is 42.1 Å². The van der Waals surface area contributed by atoms with Crippen molar-refractivity contribution in [3.8, 4) is 0 Å². The summed E-state index contributed by atoms with van der Waals surface area (Å²) in [5.41, 5.74) is 9.10. The van der Waals surface area contributed by atoms with E-state index >= 15 is 0 Å². The van der Waals surface area contributed by atoms with E-state index in [1.807, 2.05) is 49.4 Å². The van der Waals surface area contributed by atoms with Crippen LogP contribution in [-0.2, 0) is 0 Å². The van der Waals surface area contributed by atoms with Crippen molar-refractivity contribution in [1.29, 1.82) is 0 Å². The van der Waals surface area contributed by atoms with Crippen LogP contribution in [0.15, 0.2) is 65.8 Å². The van der Waals surface area contributed by atoms with Crippen LogP contribution in [0.2, 0.25) is 0 Å². The smallest absolute Gasteiger partial charge is 0.255 e. The zero-order valence-corrected chi connectivity index (χ0v) is 15.5. The molecule has 0 radical (unpaired) electrons. The number of hydrogen-bond donors (Lipinski definition) is 2. The molecule has 0 saturated carbocycles.